The van der Waals surface area contributed by atoms with Crippen LogP contribution in [0.15, 0.2) is 22.7 Å². The Labute approximate surface area is 85.5 Å². The van der Waals surface area contributed by atoms with E-state index in [1.807, 2.05) is 18.2 Å². The molecule has 1 aromatic rings. The van der Waals surface area contributed by atoms with E-state index in [2.05, 4.69) is 15.9 Å². The number of aliphatic hydroxyl groups is 1. The first-order chi connectivity index (χ1) is 5.59. The highest BCUT2D eigenvalue weighted by atomic mass is 79.9. The lowest BCUT2D eigenvalue weighted by atomic mass is 10.1. The zero-order valence-corrected chi connectivity index (χ0v) is 9.06. The molecular weight excluding hydrogens is 239 g/mol. The third-order valence-electron chi connectivity index (χ3n) is 1.52. The van der Waals surface area contributed by atoms with Gasteiger partial charge < -0.3 is 5.11 Å². The molecule has 0 fully saturated rings. The Balaban J connectivity index is 2.82. The highest BCUT2D eigenvalue weighted by Gasteiger charge is 2.01. The fourth-order valence-electron chi connectivity index (χ4n) is 1.01. The topological polar surface area (TPSA) is 20.2 Å². The van der Waals surface area contributed by atoms with Crippen LogP contribution in [0.1, 0.15) is 12.5 Å². The van der Waals surface area contributed by atoms with E-state index in [9.17, 15) is 0 Å². The molecule has 0 unspecified atom stereocenters. The van der Waals surface area contributed by atoms with Gasteiger partial charge in [-0.15, -0.1) is 0 Å². The van der Waals surface area contributed by atoms with E-state index >= 15 is 0 Å². The molecule has 0 heterocycles. The second-order valence-corrected chi connectivity index (χ2v) is 4.06. The van der Waals surface area contributed by atoms with Gasteiger partial charge >= 0.3 is 0 Å². The van der Waals surface area contributed by atoms with Crippen LogP contribution >= 0.6 is 27.5 Å². The molecule has 0 spiro atoms. The Morgan fingerprint density at radius 1 is 1.58 bits per heavy atom. The van der Waals surface area contributed by atoms with Crippen molar-refractivity contribution in [3.8, 4) is 0 Å². The molecule has 0 radical (unpaired) electrons. The summed E-state index contributed by atoms with van der Waals surface area (Å²) in [6, 6.07) is 5.66. The summed E-state index contributed by atoms with van der Waals surface area (Å²) in [7, 11) is 0. The number of halogens is 2. The maximum Gasteiger partial charge on any atom is 0.0552 e. The van der Waals surface area contributed by atoms with Crippen molar-refractivity contribution in [1.29, 1.82) is 0 Å². The van der Waals surface area contributed by atoms with E-state index in [1.165, 1.54) is 0 Å². The van der Waals surface area contributed by atoms with Crippen LogP contribution in [-0.4, -0.2) is 11.2 Å². The largest absolute Gasteiger partial charge is 0.393 e. The second kappa shape index (κ2) is 4.26. The minimum Gasteiger partial charge on any atom is -0.393 e. The molecule has 1 N–H and O–H groups in total. The summed E-state index contributed by atoms with van der Waals surface area (Å²) in [5.74, 6) is 0. The molecule has 0 amide bonds. The molecule has 66 valence electrons. The molecule has 0 aliphatic heterocycles. The summed E-state index contributed by atoms with van der Waals surface area (Å²) in [6.07, 6.45) is 0.355. The number of aliphatic hydroxyl groups excluding tert-OH is 1. The predicted molar refractivity (Wildman–Crippen MR) is 54.5 cm³/mol. The Morgan fingerprint density at radius 2 is 2.25 bits per heavy atom. The van der Waals surface area contributed by atoms with Crippen molar-refractivity contribution in [3.05, 3.63) is 33.3 Å². The van der Waals surface area contributed by atoms with Crippen molar-refractivity contribution < 1.29 is 5.11 Å². The monoisotopic (exact) mass is 248 g/mol. The summed E-state index contributed by atoms with van der Waals surface area (Å²) in [4.78, 5) is 0. The second-order valence-electron chi connectivity index (χ2n) is 2.80. The minimum absolute atomic E-state index is 0.307. The van der Waals surface area contributed by atoms with Gasteiger partial charge in [0.05, 0.1) is 11.1 Å². The molecule has 1 nitrogen and oxygen atoms in total. The fraction of sp³-hybridized carbons (Fsp3) is 0.333. The van der Waals surface area contributed by atoms with E-state index in [0.29, 0.717) is 11.4 Å². The van der Waals surface area contributed by atoms with E-state index < -0.39 is 0 Å². The molecule has 12 heavy (non-hydrogen) atoms. The summed E-state index contributed by atoms with van der Waals surface area (Å²) in [5, 5.41) is 9.82. The highest BCUT2D eigenvalue weighted by molar-refractivity contribution is 9.10. The smallest absolute Gasteiger partial charge is 0.0552 e. The zero-order valence-electron chi connectivity index (χ0n) is 6.72. The summed E-state index contributed by atoms with van der Waals surface area (Å²) in [5.41, 5.74) is 1.08. The van der Waals surface area contributed by atoms with Gasteiger partial charge in [0.15, 0.2) is 0 Å². The average Bonchev–Trinajstić information content (AvgIpc) is 1.96. The third kappa shape index (κ3) is 2.77. The standard InChI is InChI=1S/C9H10BrClO/c1-6(12)4-7-2-3-9(11)8(10)5-7/h2-3,5-6,12H,4H2,1H3/t6-/m1/s1. The van der Waals surface area contributed by atoms with Gasteiger partial charge in [0, 0.05) is 4.47 Å². The molecule has 1 aromatic carbocycles. The van der Waals surface area contributed by atoms with Gasteiger partial charge in [-0.1, -0.05) is 17.7 Å². The first-order valence-electron chi connectivity index (χ1n) is 3.71. The van der Waals surface area contributed by atoms with Crippen molar-refractivity contribution in [3.63, 3.8) is 0 Å². The van der Waals surface area contributed by atoms with Crippen LogP contribution in [0, 0.1) is 0 Å². The predicted octanol–water partition coefficient (Wildman–Crippen LogP) is 3.03. The van der Waals surface area contributed by atoms with E-state index in [4.69, 9.17) is 16.7 Å². The van der Waals surface area contributed by atoms with Crippen molar-refractivity contribution in [2.45, 2.75) is 19.4 Å². The molecule has 0 saturated carbocycles. The Hall–Kier alpha value is -0.0500. The van der Waals surface area contributed by atoms with Gasteiger partial charge in [0.2, 0.25) is 0 Å². The van der Waals surface area contributed by atoms with Crippen LogP contribution in [0.25, 0.3) is 0 Å². The number of hydrogen-bond donors (Lipinski definition) is 1. The molecule has 0 aromatic heterocycles. The van der Waals surface area contributed by atoms with E-state index in [0.717, 1.165) is 10.0 Å². The van der Waals surface area contributed by atoms with Crippen molar-refractivity contribution in [1.82, 2.24) is 0 Å². The van der Waals surface area contributed by atoms with Crippen LogP contribution < -0.4 is 0 Å². The fourth-order valence-corrected chi connectivity index (χ4v) is 1.55. The summed E-state index contributed by atoms with van der Waals surface area (Å²) < 4.78 is 0.877. The quantitative estimate of drug-likeness (QED) is 0.854. The first kappa shape index (κ1) is 10.0. The molecule has 0 aliphatic rings. The van der Waals surface area contributed by atoms with Crippen molar-refractivity contribution >= 4 is 27.5 Å². The molecular formula is C9H10BrClO. The SMILES string of the molecule is C[C@@H](O)Cc1ccc(Cl)c(Br)c1. The first-order valence-corrected chi connectivity index (χ1v) is 4.88. The maximum absolute atomic E-state index is 9.12. The lowest BCUT2D eigenvalue weighted by Crippen LogP contribution is -2.03. The summed E-state index contributed by atoms with van der Waals surface area (Å²) >= 11 is 9.13. The number of hydrogen-bond acceptors (Lipinski definition) is 1. The molecule has 3 heteroatoms. The Morgan fingerprint density at radius 3 is 2.75 bits per heavy atom. The van der Waals surface area contributed by atoms with Gasteiger partial charge in [0.1, 0.15) is 0 Å². The number of rotatable bonds is 2. The summed E-state index contributed by atoms with van der Waals surface area (Å²) in [6.45, 7) is 1.77. The molecule has 0 aliphatic carbocycles. The van der Waals surface area contributed by atoms with Crippen LogP contribution in [0.2, 0.25) is 5.02 Å². The van der Waals surface area contributed by atoms with Crippen LogP contribution in [-0.2, 0) is 6.42 Å². The molecule has 0 bridgehead atoms. The van der Waals surface area contributed by atoms with Crippen molar-refractivity contribution in [2.75, 3.05) is 0 Å². The van der Waals surface area contributed by atoms with Gasteiger partial charge in [0.25, 0.3) is 0 Å². The van der Waals surface area contributed by atoms with E-state index in [1.54, 1.807) is 6.92 Å². The van der Waals surface area contributed by atoms with Crippen molar-refractivity contribution in [2.24, 2.45) is 0 Å². The molecule has 0 saturated heterocycles. The lowest BCUT2D eigenvalue weighted by Gasteiger charge is -2.05. The maximum atomic E-state index is 9.12. The van der Waals surface area contributed by atoms with Gasteiger partial charge in [-0.2, -0.15) is 0 Å². The Bertz CT molecular complexity index is 273. The Kier molecular flexibility index (Phi) is 3.56. The highest BCUT2D eigenvalue weighted by Crippen LogP contribution is 2.23. The van der Waals surface area contributed by atoms with Gasteiger partial charge in [-0.05, 0) is 47.0 Å². The van der Waals surface area contributed by atoms with Crippen LogP contribution in [0.4, 0.5) is 0 Å². The minimum atomic E-state index is -0.307. The third-order valence-corrected chi connectivity index (χ3v) is 2.73. The van der Waals surface area contributed by atoms with Gasteiger partial charge in [-0.3, -0.25) is 0 Å². The van der Waals surface area contributed by atoms with Crippen LogP contribution in [0.3, 0.4) is 0 Å². The van der Waals surface area contributed by atoms with E-state index in [-0.39, 0.29) is 6.10 Å². The lowest BCUT2D eigenvalue weighted by molar-refractivity contribution is 0.195. The van der Waals surface area contributed by atoms with Crippen LogP contribution in [0.5, 0.6) is 0 Å². The molecule has 1 atom stereocenters. The van der Waals surface area contributed by atoms with Gasteiger partial charge in [-0.25, -0.2) is 0 Å². The normalized spacial score (nSPS) is 13.0. The average molecular weight is 250 g/mol. The zero-order chi connectivity index (χ0) is 9.14. The molecule has 1 rings (SSSR count). The number of benzene rings is 1.